The minimum absolute atomic E-state index is 0.405. The SMILES string of the molecule is C[C@@H](Cc1ccc2c(c1)CCO2)NS(=O)(=O)c1c(F)cccc1F. The van der Waals surface area contributed by atoms with E-state index in [9.17, 15) is 17.2 Å². The van der Waals surface area contributed by atoms with Crippen LogP contribution in [-0.2, 0) is 22.9 Å². The molecule has 0 radical (unpaired) electrons. The molecule has 1 atom stereocenters. The van der Waals surface area contributed by atoms with Gasteiger partial charge in [0.2, 0.25) is 10.0 Å². The predicted octanol–water partition coefficient (Wildman–Crippen LogP) is 2.81. The molecular formula is C17H17F2NO3S. The maximum Gasteiger partial charge on any atom is 0.246 e. The lowest BCUT2D eigenvalue weighted by Gasteiger charge is -2.15. The van der Waals surface area contributed by atoms with Crippen molar-refractivity contribution < 1.29 is 21.9 Å². The molecule has 24 heavy (non-hydrogen) atoms. The number of hydrogen-bond acceptors (Lipinski definition) is 3. The molecule has 0 saturated carbocycles. The van der Waals surface area contributed by atoms with Crippen molar-refractivity contribution in [2.24, 2.45) is 0 Å². The second-order valence-corrected chi connectivity index (χ2v) is 7.47. The van der Waals surface area contributed by atoms with Gasteiger partial charge in [-0.2, -0.15) is 0 Å². The van der Waals surface area contributed by atoms with Crippen molar-refractivity contribution in [3.63, 3.8) is 0 Å². The van der Waals surface area contributed by atoms with Gasteiger partial charge in [-0.3, -0.25) is 0 Å². The highest BCUT2D eigenvalue weighted by molar-refractivity contribution is 7.89. The van der Waals surface area contributed by atoms with Crippen LogP contribution in [-0.4, -0.2) is 21.1 Å². The van der Waals surface area contributed by atoms with Gasteiger partial charge in [0.05, 0.1) is 6.61 Å². The minimum Gasteiger partial charge on any atom is -0.493 e. The van der Waals surface area contributed by atoms with Gasteiger partial charge in [0.25, 0.3) is 0 Å². The van der Waals surface area contributed by atoms with Crippen molar-refractivity contribution in [3.05, 3.63) is 59.2 Å². The summed E-state index contributed by atoms with van der Waals surface area (Å²) in [6.45, 7) is 2.30. The molecule has 2 aromatic rings. The highest BCUT2D eigenvalue weighted by atomic mass is 32.2. The van der Waals surface area contributed by atoms with E-state index < -0.39 is 32.6 Å². The van der Waals surface area contributed by atoms with E-state index in [1.54, 1.807) is 6.92 Å². The van der Waals surface area contributed by atoms with Gasteiger partial charge in [-0.25, -0.2) is 21.9 Å². The van der Waals surface area contributed by atoms with Crippen LogP contribution in [0.4, 0.5) is 8.78 Å². The van der Waals surface area contributed by atoms with Crippen LogP contribution in [0.25, 0.3) is 0 Å². The van der Waals surface area contributed by atoms with E-state index in [-0.39, 0.29) is 0 Å². The molecule has 1 N–H and O–H groups in total. The van der Waals surface area contributed by atoms with Gasteiger partial charge in [0, 0.05) is 12.5 Å². The second kappa shape index (κ2) is 6.49. The highest BCUT2D eigenvalue weighted by Crippen LogP contribution is 2.26. The van der Waals surface area contributed by atoms with Gasteiger partial charge >= 0.3 is 0 Å². The van der Waals surface area contributed by atoms with Crippen molar-refractivity contribution in [1.82, 2.24) is 4.72 Å². The average Bonchev–Trinajstić information content (AvgIpc) is 2.93. The lowest BCUT2D eigenvalue weighted by Crippen LogP contribution is -2.35. The van der Waals surface area contributed by atoms with Gasteiger partial charge in [-0.05, 0) is 42.7 Å². The number of sulfonamides is 1. The van der Waals surface area contributed by atoms with E-state index in [0.29, 0.717) is 13.0 Å². The zero-order chi connectivity index (χ0) is 17.3. The summed E-state index contributed by atoms with van der Waals surface area (Å²) in [4.78, 5) is -0.945. The standard InChI is InChI=1S/C17H17F2NO3S/c1-11(9-12-5-6-16-13(10-12)7-8-23-16)20-24(21,22)17-14(18)3-2-4-15(17)19/h2-6,10-11,20H,7-9H2,1H3/t11-/m0/s1. The molecule has 0 amide bonds. The Labute approximate surface area is 139 Å². The summed E-state index contributed by atoms with van der Waals surface area (Å²) in [5, 5.41) is 0. The molecule has 0 aromatic heterocycles. The summed E-state index contributed by atoms with van der Waals surface area (Å²) in [6, 6.07) is 8.13. The van der Waals surface area contributed by atoms with Gasteiger partial charge in [0.15, 0.2) is 4.90 Å². The Morgan fingerprint density at radius 3 is 2.62 bits per heavy atom. The van der Waals surface area contributed by atoms with Crippen molar-refractivity contribution in [1.29, 1.82) is 0 Å². The van der Waals surface area contributed by atoms with Crippen LogP contribution in [0.15, 0.2) is 41.3 Å². The van der Waals surface area contributed by atoms with Crippen molar-refractivity contribution >= 4 is 10.0 Å². The Hall–Kier alpha value is -1.99. The molecule has 4 nitrogen and oxygen atoms in total. The first-order valence-corrected chi connectivity index (χ1v) is 9.06. The van der Waals surface area contributed by atoms with Crippen LogP contribution in [0.5, 0.6) is 5.75 Å². The number of halogens is 2. The number of ether oxygens (including phenoxy) is 1. The number of nitrogens with one attached hydrogen (secondary N) is 1. The molecule has 7 heteroatoms. The van der Waals surface area contributed by atoms with Crippen molar-refractivity contribution in [3.8, 4) is 5.75 Å². The maximum absolute atomic E-state index is 13.7. The number of rotatable bonds is 5. The third kappa shape index (κ3) is 3.42. The van der Waals surface area contributed by atoms with Gasteiger partial charge in [-0.1, -0.05) is 18.2 Å². The molecule has 0 fully saturated rings. The average molecular weight is 353 g/mol. The number of benzene rings is 2. The van der Waals surface area contributed by atoms with Gasteiger partial charge in [0.1, 0.15) is 17.4 Å². The maximum atomic E-state index is 13.7. The first-order chi connectivity index (χ1) is 11.4. The molecule has 0 spiro atoms. The fraction of sp³-hybridized carbons (Fsp3) is 0.294. The second-order valence-electron chi connectivity index (χ2n) is 5.82. The third-order valence-electron chi connectivity index (χ3n) is 3.84. The topological polar surface area (TPSA) is 55.4 Å². The zero-order valence-corrected chi connectivity index (χ0v) is 13.9. The van der Waals surface area contributed by atoms with Crippen LogP contribution in [0.2, 0.25) is 0 Å². The number of hydrogen-bond donors (Lipinski definition) is 1. The Balaban J connectivity index is 1.75. The molecule has 128 valence electrons. The summed E-state index contributed by atoms with van der Waals surface area (Å²) in [5.41, 5.74) is 2.02. The molecule has 0 bridgehead atoms. The smallest absolute Gasteiger partial charge is 0.246 e. The molecule has 1 heterocycles. The van der Waals surface area contributed by atoms with E-state index in [0.717, 1.165) is 41.5 Å². The van der Waals surface area contributed by atoms with E-state index in [1.165, 1.54) is 0 Å². The lowest BCUT2D eigenvalue weighted by molar-refractivity contribution is 0.357. The van der Waals surface area contributed by atoms with Crippen molar-refractivity contribution in [2.45, 2.75) is 30.7 Å². The highest BCUT2D eigenvalue weighted by Gasteiger charge is 2.25. The van der Waals surface area contributed by atoms with E-state index in [2.05, 4.69) is 4.72 Å². The Morgan fingerprint density at radius 1 is 1.21 bits per heavy atom. The molecule has 3 rings (SSSR count). The zero-order valence-electron chi connectivity index (χ0n) is 13.1. The summed E-state index contributed by atoms with van der Waals surface area (Å²) in [5.74, 6) is -1.37. The molecule has 2 aromatic carbocycles. The van der Waals surface area contributed by atoms with Crippen LogP contribution in [0.3, 0.4) is 0 Å². The van der Waals surface area contributed by atoms with E-state index in [1.807, 2.05) is 18.2 Å². The molecule has 1 aliphatic rings. The summed E-state index contributed by atoms with van der Waals surface area (Å²) < 4.78 is 59.7. The van der Waals surface area contributed by atoms with E-state index in [4.69, 9.17) is 4.74 Å². The Kier molecular flexibility index (Phi) is 4.56. The predicted molar refractivity (Wildman–Crippen MR) is 85.5 cm³/mol. The van der Waals surface area contributed by atoms with Crippen LogP contribution in [0, 0.1) is 11.6 Å². The fourth-order valence-corrected chi connectivity index (χ4v) is 4.21. The van der Waals surface area contributed by atoms with Gasteiger partial charge < -0.3 is 4.74 Å². The molecule has 0 aliphatic carbocycles. The van der Waals surface area contributed by atoms with Crippen LogP contribution in [0.1, 0.15) is 18.1 Å². The first kappa shape index (κ1) is 16.9. The van der Waals surface area contributed by atoms with Crippen LogP contribution >= 0.6 is 0 Å². The molecule has 1 aliphatic heterocycles. The summed E-state index contributed by atoms with van der Waals surface area (Å²) in [6.07, 6.45) is 1.23. The largest absolute Gasteiger partial charge is 0.493 e. The monoisotopic (exact) mass is 353 g/mol. The van der Waals surface area contributed by atoms with Gasteiger partial charge in [-0.15, -0.1) is 0 Å². The van der Waals surface area contributed by atoms with E-state index >= 15 is 0 Å². The lowest BCUT2D eigenvalue weighted by atomic mass is 10.0. The third-order valence-corrected chi connectivity index (χ3v) is 5.48. The normalized spacial score (nSPS) is 15.0. The minimum atomic E-state index is -4.28. The van der Waals surface area contributed by atoms with Crippen molar-refractivity contribution in [2.75, 3.05) is 6.61 Å². The first-order valence-electron chi connectivity index (χ1n) is 7.58. The van der Waals surface area contributed by atoms with Crippen LogP contribution < -0.4 is 9.46 Å². The molecule has 0 saturated heterocycles. The summed E-state index contributed by atoms with van der Waals surface area (Å²) in [7, 11) is -4.28. The quantitative estimate of drug-likeness (QED) is 0.899. The molecular weight excluding hydrogens is 336 g/mol. The Morgan fingerprint density at radius 2 is 1.92 bits per heavy atom. The molecule has 0 unspecified atom stereocenters. The number of fused-ring (bicyclic) bond motifs is 1. The Bertz CT molecular complexity index is 848. The fourth-order valence-electron chi connectivity index (χ4n) is 2.83. The summed E-state index contributed by atoms with van der Waals surface area (Å²) >= 11 is 0.